The summed E-state index contributed by atoms with van der Waals surface area (Å²) in [5.41, 5.74) is 15.7. The number of nitrogens with zero attached hydrogens (tertiary/aromatic N) is 2. The van der Waals surface area contributed by atoms with E-state index >= 15 is 0 Å². The van der Waals surface area contributed by atoms with Gasteiger partial charge >= 0.3 is 0 Å². The Morgan fingerprint density at radius 1 is 0.375 bits per heavy atom. The van der Waals surface area contributed by atoms with Gasteiger partial charge < -0.3 is 13.9 Å². The summed E-state index contributed by atoms with van der Waals surface area (Å²) in [6, 6.07) is 83.4. The van der Waals surface area contributed by atoms with E-state index in [1.807, 2.05) is 11.3 Å². The van der Waals surface area contributed by atoms with Crippen molar-refractivity contribution in [1.82, 2.24) is 4.57 Å². The van der Waals surface area contributed by atoms with Gasteiger partial charge in [-0.05, 0) is 106 Å². The standard InChI is InChI=1S/C60H38N2OS/c1-5-16-39(17-6-1)42-29-34-55-49(36-42)50-38-45(30-35-56(50)63-55)62(53-27-15-26-52-58(53)47-24-13-14-25-51(47)61(52)44-22-11-4-12-23-44)54-33-32-46(41-20-9-3-10-21-41)60-59(54)48-31-28-43(37-57(48)64-60)40-18-7-2-8-19-40/h1-38H. The number of aromatic nitrogens is 1. The van der Waals surface area contributed by atoms with E-state index in [1.165, 1.54) is 64.3 Å². The predicted octanol–water partition coefficient (Wildman–Crippen LogP) is 17.5. The van der Waals surface area contributed by atoms with Crippen LogP contribution in [0, 0.1) is 0 Å². The van der Waals surface area contributed by atoms with Gasteiger partial charge in [0, 0.05) is 53.1 Å². The van der Waals surface area contributed by atoms with E-state index in [1.54, 1.807) is 0 Å². The first-order valence-corrected chi connectivity index (χ1v) is 22.6. The molecule has 3 heterocycles. The Morgan fingerprint density at radius 3 is 1.72 bits per heavy atom. The molecule has 0 bridgehead atoms. The summed E-state index contributed by atoms with van der Waals surface area (Å²) >= 11 is 1.88. The van der Waals surface area contributed by atoms with Crippen LogP contribution in [-0.2, 0) is 0 Å². The molecule has 0 atom stereocenters. The van der Waals surface area contributed by atoms with Crippen LogP contribution in [0.5, 0.6) is 0 Å². The molecule has 0 saturated carbocycles. The third-order valence-electron chi connectivity index (χ3n) is 12.8. The Morgan fingerprint density at radius 2 is 0.969 bits per heavy atom. The summed E-state index contributed by atoms with van der Waals surface area (Å²) in [4.78, 5) is 2.51. The van der Waals surface area contributed by atoms with Gasteiger partial charge in [-0.3, -0.25) is 0 Å². The van der Waals surface area contributed by atoms with Crippen LogP contribution < -0.4 is 4.90 Å². The summed E-state index contributed by atoms with van der Waals surface area (Å²) in [5.74, 6) is 0. The minimum Gasteiger partial charge on any atom is -0.456 e. The molecule has 0 N–H and O–H groups in total. The quantitative estimate of drug-likeness (QED) is 0.159. The van der Waals surface area contributed by atoms with Crippen molar-refractivity contribution in [3.05, 3.63) is 231 Å². The molecule has 10 aromatic carbocycles. The van der Waals surface area contributed by atoms with Gasteiger partial charge in [0.1, 0.15) is 11.2 Å². The second-order valence-electron chi connectivity index (χ2n) is 16.4. The van der Waals surface area contributed by atoms with E-state index in [-0.39, 0.29) is 0 Å². The molecule has 0 fully saturated rings. The highest BCUT2D eigenvalue weighted by Gasteiger charge is 2.26. The number of hydrogen-bond donors (Lipinski definition) is 0. The zero-order chi connectivity index (χ0) is 42.1. The van der Waals surface area contributed by atoms with Crippen molar-refractivity contribution in [2.24, 2.45) is 0 Å². The number of thiophene rings is 1. The molecule has 300 valence electrons. The maximum Gasteiger partial charge on any atom is 0.135 e. The van der Waals surface area contributed by atoms with Gasteiger partial charge in [0.25, 0.3) is 0 Å². The molecule has 13 rings (SSSR count). The van der Waals surface area contributed by atoms with E-state index in [0.29, 0.717) is 0 Å². The number of rotatable bonds is 7. The highest BCUT2D eigenvalue weighted by atomic mass is 32.1. The third-order valence-corrected chi connectivity index (χ3v) is 14.0. The fourth-order valence-electron chi connectivity index (χ4n) is 9.87. The molecule has 0 aliphatic heterocycles. The Balaban J connectivity index is 1.13. The fourth-order valence-corrected chi connectivity index (χ4v) is 11.2. The lowest BCUT2D eigenvalue weighted by Gasteiger charge is -2.28. The number of anilines is 3. The van der Waals surface area contributed by atoms with Crippen LogP contribution in [0.2, 0.25) is 0 Å². The number of benzene rings is 10. The Bertz CT molecular complexity index is 3890. The number of furan rings is 1. The van der Waals surface area contributed by atoms with Crippen LogP contribution in [0.15, 0.2) is 235 Å². The number of para-hydroxylation sites is 2. The zero-order valence-electron chi connectivity index (χ0n) is 34.7. The maximum absolute atomic E-state index is 6.58. The van der Waals surface area contributed by atoms with E-state index in [4.69, 9.17) is 4.42 Å². The predicted molar refractivity (Wildman–Crippen MR) is 272 cm³/mol. The molecule has 0 saturated heterocycles. The summed E-state index contributed by atoms with van der Waals surface area (Å²) < 4.78 is 11.5. The Kier molecular flexibility index (Phi) is 8.40. The largest absolute Gasteiger partial charge is 0.456 e. The minimum absolute atomic E-state index is 0.863. The minimum atomic E-state index is 0.863. The van der Waals surface area contributed by atoms with Crippen LogP contribution in [-0.4, -0.2) is 4.57 Å². The van der Waals surface area contributed by atoms with Crippen LogP contribution in [0.3, 0.4) is 0 Å². The second kappa shape index (κ2) is 14.7. The highest BCUT2D eigenvalue weighted by Crippen LogP contribution is 2.51. The smallest absolute Gasteiger partial charge is 0.135 e. The van der Waals surface area contributed by atoms with Crippen molar-refractivity contribution in [2.45, 2.75) is 0 Å². The van der Waals surface area contributed by atoms with Crippen LogP contribution >= 0.6 is 11.3 Å². The summed E-state index contributed by atoms with van der Waals surface area (Å²) in [5, 5.41) is 7.03. The Labute approximate surface area is 373 Å². The average molecular weight is 835 g/mol. The number of fused-ring (bicyclic) bond motifs is 9. The van der Waals surface area contributed by atoms with Crippen molar-refractivity contribution < 1.29 is 4.42 Å². The maximum atomic E-state index is 6.58. The van der Waals surface area contributed by atoms with E-state index in [0.717, 1.165) is 55.8 Å². The molecule has 0 radical (unpaired) electrons. The fraction of sp³-hybridized carbons (Fsp3) is 0. The van der Waals surface area contributed by atoms with Crippen molar-refractivity contribution >= 4 is 92.3 Å². The zero-order valence-corrected chi connectivity index (χ0v) is 35.5. The Hall–Kier alpha value is -8.18. The van der Waals surface area contributed by atoms with Gasteiger partial charge in [-0.1, -0.05) is 158 Å². The SMILES string of the molecule is c1ccc(-c2ccc3c(c2)sc2c(-c4ccccc4)ccc(N(c4ccc5oc6ccc(-c7ccccc7)cc6c5c4)c4cccc5c4c4ccccc4n5-c4ccccc4)c23)cc1. The van der Waals surface area contributed by atoms with Crippen LogP contribution in [0.1, 0.15) is 0 Å². The van der Waals surface area contributed by atoms with Crippen molar-refractivity contribution in [2.75, 3.05) is 4.90 Å². The molecular weight excluding hydrogens is 797 g/mol. The topological polar surface area (TPSA) is 21.3 Å². The van der Waals surface area contributed by atoms with Crippen molar-refractivity contribution in [1.29, 1.82) is 0 Å². The average Bonchev–Trinajstić information content (AvgIpc) is 4.05. The molecule has 0 amide bonds. The molecule has 64 heavy (non-hydrogen) atoms. The van der Waals surface area contributed by atoms with Gasteiger partial charge in [-0.15, -0.1) is 11.3 Å². The first-order chi connectivity index (χ1) is 31.7. The summed E-state index contributed by atoms with van der Waals surface area (Å²) in [6.45, 7) is 0. The molecule has 0 aliphatic rings. The lowest BCUT2D eigenvalue weighted by molar-refractivity contribution is 0.669. The molecule has 13 aromatic rings. The van der Waals surface area contributed by atoms with Crippen molar-refractivity contribution in [3.63, 3.8) is 0 Å². The van der Waals surface area contributed by atoms with E-state index in [9.17, 15) is 0 Å². The summed E-state index contributed by atoms with van der Waals surface area (Å²) in [7, 11) is 0. The summed E-state index contributed by atoms with van der Waals surface area (Å²) in [6.07, 6.45) is 0. The van der Waals surface area contributed by atoms with Gasteiger partial charge in [-0.25, -0.2) is 0 Å². The van der Waals surface area contributed by atoms with Gasteiger partial charge in [0.05, 0.1) is 22.4 Å². The van der Waals surface area contributed by atoms with Crippen LogP contribution in [0.25, 0.3) is 103 Å². The molecule has 3 nitrogen and oxygen atoms in total. The van der Waals surface area contributed by atoms with Crippen LogP contribution in [0.4, 0.5) is 17.1 Å². The molecule has 3 aromatic heterocycles. The highest BCUT2D eigenvalue weighted by molar-refractivity contribution is 7.26. The van der Waals surface area contributed by atoms with Crippen molar-refractivity contribution in [3.8, 4) is 39.1 Å². The third kappa shape index (κ3) is 5.81. The molecule has 0 spiro atoms. The van der Waals surface area contributed by atoms with Gasteiger partial charge in [-0.2, -0.15) is 0 Å². The normalized spacial score (nSPS) is 11.8. The monoisotopic (exact) mass is 834 g/mol. The molecule has 4 heteroatoms. The first kappa shape index (κ1) is 36.5. The molecule has 0 aliphatic carbocycles. The first-order valence-electron chi connectivity index (χ1n) is 21.7. The molecular formula is C60H38N2OS. The lowest BCUT2D eigenvalue weighted by Crippen LogP contribution is -2.11. The lowest BCUT2D eigenvalue weighted by atomic mass is 9.98. The van der Waals surface area contributed by atoms with E-state index in [2.05, 4.69) is 240 Å². The molecule has 0 unspecified atom stereocenters. The van der Waals surface area contributed by atoms with Gasteiger partial charge in [0.2, 0.25) is 0 Å². The number of hydrogen-bond acceptors (Lipinski definition) is 3. The van der Waals surface area contributed by atoms with E-state index < -0.39 is 0 Å². The van der Waals surface area contributed by atoms with Gasteiger partial charge in [0.15, 0.2) is 0 Å². The second-order valence-corrected chi connectivity index (χ2v) is 17.5.